The molecular formula is C30H29N9O3. The smallest absolute Gasteiger partial charge is 0.263 e. The standard InChI is InChI=1S/C30H29N9O3/c1-4-39-28(41)20-10-11-23(34-24(20)30(39,2)3)35-29-32-16-21(27-36-25(38-42-27)19-12-14-31-15-13-19)26(37-29)33-22(17-40)18-8-6-5-7-9-18/h5-16,22,40H,4,17H2,1-3H3,(H2,32,33,34,35,37)/t22-/m1/s1. The van der Waals surface area contributed by atoms with Crippen molar-refractivity contribution in [1.82, 2.24) is 35.0 Å². The molecule has 0 fully saturated rings. The molecule has 1 aromatic carbocycles. The molecule has 0 saturated carbocycles. The number of aromatic nitrogens is 6. The number of carbonyl (C=O) groups is 1. The number of aliphatic hydroxyl groups is 1. The maximum atomic E-state index is 12.9. The summed E-state index contributed by atoms with van der Waals surface area (Å²) in [6, 6.07) is 16.1. The van der Waals surface area contributed by atoms with Crippen LogP contribution in [0.3, 0.4) is 0 Å². The van der Waals surface area contributed by atoms with Crippen molar-refractivity contribution >= 4 is 23.5 Å². The van der Waals surface area contributed by atoms with Crippen molar-refractivity contribution in [2.75, 3.05) is 23.8 Å². The highest BCUT2D eigenvalue weighted by Crippen LogP contribution is 2.38. The van der Waals surface area contributed by atoms with Gasteiger partial charge in [-0.25, -0.2) is 9.97 Å². The number of carbonyl (C=O) groups excluding carboxylic acids is 1. The maximum Gasteiger partial charge on any atom is 0.263 e. The number of hydrogen-bond acceptors (Lipinski definition) is 11. The van der Waals surface area contributed by atoms with E-state index in [1.165, 1.54) is 0 Å². The lowest BCUT2D eigenvalue weighted by Gasteiger charge is -2.30. The quantitative estimate of drug-likeness (QED) is 0.231. The van der Waals surface area contributed by atoms with E-state index in [-0.39, 0.29) is 24.4 Å². The van der Waals surface area contributed by atoms with Crippen molar-refractivity contribution < 1.29 is 14.4 Å². The molecular weight excluding hydrogens is 534 g/mol. The molecule has 1 aliphatic heterocycles. The van der Waals surface area contributed by atoms with Crippen molar-refractivity contribution in [3.8, 4) is 22.8 Å². The molecule has 5 aromatic rings. The topological polar surface area (TPSA) is 155 Å². The second-order valence-corrected chi connectivity index (χ2v) is 10.2. The number of amides is 1. The normalized spacial score (nSPS) is 14.5. The molecule has 0 saturated heterocycles. The Morgan fingerprint density at radius 2 is 1.79 bits per heavy atom. The summed E-state index contributed by atoms with van der Waals surface area (Å²) in [7, 11) is 0. The molecule has 0 spiro atoms. The van der Waals surface area contributed by atoms with Crippen LogP contribution in [0.2, 0.25) is 0 Å². The Morgan fingerprint density at radius 1 is 1.00 bits per heavy atom. The summed E-state index contributed by atoms with van der Waals surface area (Å²) in [4.78, 5) is 37.2. The summed E-state index contributed by atoms with van der Waals surface area (Å²) >= 11 is 0. The van der Waals surface area contributed by atoms with E-state index < -0.39 is 11.6 Å². The van der Waals surface area contributed by atoms with Gasteiger partial charge in [-0.3, -0.25) is 9.78 Å². The fraction of sp³-hybridized carbons (Fsp3) is 0.233. The number of rotatable bonds is 9. The van der Waals surface area contributed by atoms with Gasteiger partial charge in [-0.15, -0.1) is 0 Å². The van der Waals surface area contributed by atoms with Crippen LogP contribution in [0.1, 0.15) is 48.4 Å². The third-order valence-electron chi connectivity index (χ3n) is 7.26. The molecule has 12 nitrogen and oxygen atoms in total. The lowest BCUT2D eigenvalue weighted by Crippen LogP contribution is -2.39. The van der Waals surface area contributed by atoms with Crippen LogP contribution in [0.25, 0.3) is 22.8 Å². The molecule has 0 radical (unpaired) electrons. The Kier molecular flexibility index (Phi) is 7.05. The molecule has 3 N–H and O–H groups in total. The van der Waals surface area contributed by atoms with Crippen molar-refractivity contribution in [1.29, 1.82) is 0 Å². The minimum absolute atomic E-state index is 0.0368. The van der Waals surface area contributed by atoms with Gasteiger partial charge in [0, 0.05) is 30.7 Å². The number of anilines is 3. The highest BCUT2D eigenvalue weighted by Gasteiger charge is 2.43. The summed E-state index contributed by atoms with van der Waals surface area (Å²) in [6.45, 7) is 6.30. The summed E-state index contributed by atoms with van der Waals surface area (Å²) in [5.41, 5.74) is 2.79. The van der Waals surface area contributed by atoms with Crippen LogP contribution >= 0.6 is 0 Å². The van der Waals surface area contributed by atoms with Crippen LogP contribution in [0.15, 0.2) is 77.7 Å². The fourth-order valence-electron chi connectivity index (χ4n) is 5.09. The van der Waals surface area contributed by atoms with E-state index in [4.69, 9.17) is 14.5 Å². The van der Waals surface area contributed by atoms with E-state index in [1.54, 1.807) is 47.8 Å². The molecule has 6 rings (SSSR count). The summed E-state index contributed by atoms with van der Waals surface area (Å²) < 4.78 is 5.60. The van der Waals surface area contributed by atoms with Crippen LogP contribution in [-0.2, 0) is 5.54 Å². The predicted molar refractivity (Wildman–Crippen MR) is 156 cm³/mol. The van der Waals surface area contributed by atoms with Crippen LogP contribution in [0.4, 0.5) is 17.6 Å². The van der Waals surface area contributed by atoms with Crippen molar-refractivity contribution in [2.24, 2.45) is 0 Å². The molecule has 12 heteroatoms. The van der Waals surface area contributed by atoms with E-state index in [0.717, 1.165) is 11.1 Å². The van der Waals surface area contributed by atoms with Gasteiger partial charge in [0.2, 0.25) is 11.8 Å². The van der Waals surface area contributed by atoms with Crippen molar-refractivity contribution in [3.63, 3.8) is 0 Å². The van der Waals surface area contributed by atoms with Gasteiger partial charge >= 0.3 is 0 Å². The molecule has 1 atom stereocenters. The Balaban J connectivity index is 1.36. The first-order valence-electron chi connectivity index (χ1n) is 13.5. The predicted octanol–water partition coefficient (Wildman–Crippen LogP) is 4.58. The monoisotopic (exact) mass is 563 g/mol. The van der Waals surface area contributed by atoms with Gasteiger partial charge in [0.1, 0.15) is 17.2 Å². The average molecular weight is 564 g/mol. The number of pyridine rings is 2. The van der Waals surface area contributed by atoms with E-state index in [0.29, 0.717) is 40.8 Å². The van der Waals surface area contributed by atoms with Gasteiger partial charge in [-0.1, -0.05) is 35.5 Å². The number of nitrogens with zero attached hydrogens (tertiary/aromatic N) is 7. The minimum Gasteiger partial charge on any atom is -0.394 e. The molecule has 0 aliphatic carbocycles. The van der Waals surface area contributed by atoms with Crippen LogP contribution in [0, 0.1) is 0 Å². The van der Waals surface area contributed by atoms with E-state index in [2.05, 4.69) is 30.7 Å². The molecule has 4 aromatic heterocycles. The average Bonchev–Trinajstić information content (AvgIpc) is 3.57. The number of hydrogen-bond donors (Lipinski definition) is 3. The fourth-order valence-corrected chi connectivity index (χ4v) is 5.09. The van der Waals surface area contributed by atoms with Crippen molar-refractivity contribution in [3.05, 3.63) is 90.0 Å². The zero-order valence-electron chi connectivity index (χ0n) is 23.3. The van der Waals surface area contributed by atoms with Gasteiger partial charge in [0.15, 0.2) is 0 Å². The molecule has 1 aliphatic rings. The summed E-state index contributed by atoms with van der Waals surface area (Å²) in [5, 5.41) is 20.8. The lowest BCUT2D eigenvalue weighted by atomic mass is 9.99. The Morgan fingerprint density at radius 3 is 2.52 bits per heavy atom. The number of nitrogens with one attached hydrogen (secondary N) is 2. The number of benzene rings is 1. The first-order chi connectivity index (χ1) is 20.4. The molecule has 1 amide bonds. The number of fused-ring (bicyclic) bond motifs is 1. The Hall–Kier alpha value is -5.23. The third-order valence-corrected chi connectivity index (χ3v) is 7.26. The first kappa shape index (κ1) is 27.0. The molecule has 212 valence electrons. The van der Waals surface area contributed by atoms with E-state index in [9.17, 15) is 9.90 Å². The van der Waals surface area contributed by atoms with Gasteiger partial charge in [0.25, 0.3) is 11.8 Å². The highest BCUT2D eigenvalue weighted by molar-refractivity contribution is 5.99. The van der Waals surface area contributed by atoms with Gasteiger partial charge < -0.3 is 25.2 Å². The first-order valence-corrected chi connectivity index (χ1v) is 13.5. The minimum atomic E-state index is -0.551. The Labute approximate surface area is 241 Å². The molecule has 0 unspecified atom stereocenters. The maximum absolute atomic E-state index is 12.9. The summed E-state index contributed by atoms with van der Waals surface area (Å²) in [5.74, 6) is 1.67. The van der Waals surface area contributed by atoms with Gasteiger partial charge in [-0.05, 0) is 50.6 Å². The Bertz CT molecular complexity index is 1730. The zero-order valence-corrected chi connectivity index (χ0v) is 23.3. The highest BCUT2D eigenvalue weighted by atomic mass is 16.5. The van der Waals surface area contributed by atoms with Crippen LogP contribution in [-0.4, -0.2) is 59.1 Å². The SMILES string of the molecule is CCN1C(=O)c2ccc(Nc3ncc(-c4nc(-c5ccncc5)no4)c(N[C@H](CO)c4ccccc4)n3)nc2C1(C)C. The van der Waals surface area contributed by atoms with E-state index in [1.807, 2.05) is 51.1 Å². The van der Waals surface area contributed by atoms with Gasteiger partial charge in [0.05, 0.1) is 29.4 Å². The molecule has 42 heavy (non-hydrogen) atoms. The van der Waals surface area contributed by atoms with Crippen LogP contribution < -0.4 is 10.6 Å². The van der Waals surface area contributed by atoms with E-state index >= 15 is 0 Å². The second-order valence-electron chi connectivity index (χ2n) is 10.2. The largest absolute Gasteiger partial charge is 0.394 e. The molecule has 5 heterocycles. The second kappa shape index (κ2) is 11.0. The third kappa shape index (κ3) is 4.92. The summed E-state index contributed by atoms with van der Waals surface area (Å²) in [6.07, 6.45) is 4.87. The lowest BCUT2D eigenvalue weighted by molar-refractivity contribution is 0.0631. The van der Waals surface area contributed by atoms with Crippen molar-refractivity contribution in [2.45, 2.75) is 32.4 Å². The molecule has 0 bridgehead atoms. The van der Waals surface area contributed by atoms with Crippen LogP contribution in [0.5, 0.6) is 0 Å². The number of aliphatic hydroxyl groups excluding tert-OH is 1. The zero-order chi connectivity index (χ0) is 29.3. The van der Waals surface area contributed by atoms with Gasteiger partial charge in [-0.2, -0.15) is 9.97 Å².